The standard InChI is InChI=1S/C16H23N3O3S.ClH/c1-3-9-18-23(21,22)14-6-4-13(5-7-14)15(20)19-10-8-16(2,11-17)12-19;/h3-7,18H,1,8-12,17H2,2H3;1H. The lowest BCUT2D eigenvalue weighted by Gasteiger charge is -2.22. The monoisotopic (exact) mass is 373 g/mol. The van der Waals surface area contributed by atoms with E-state index >= 15 is 0 Å². The molecule has 2 rings (SSSR count). The van der Waals surface area contributed by atoms with Gasteiger partial charge in [0.2, 0.25) is 10.0 Å². The number of sulfonamides is 1. The number of carbonyl (C=O) groups is 1. The van der Waals surface area contributed by atoms with Crippen LogP contribution in [0.15, 0.2) is 41.8 Å². The zero-order chi connectivity index (χ0) is 17.1. The number of amides is 1. The number of nitrogens with zero attached hydrogens (tertiary/aromatic N) is 1. The normalized spacial score (nSPS) is 20.5. The number of carbonyl (C=O) groups excluding carboxylic acids is 1. The average Bonchev–Trinajstić information content (AvgIpc) is 2.95. The van der Waals surface area contributed by atoms with E-state index in [0.717, 1.165) is 6.42 Å². The fraction of sp³-hybridized carbons (Fsp3) is 0.438. The van der Waals surface area contributed by atoms with Crippen molar-refractivity contribution in [3.8, 4) is 0 Å². The van der Waals surface area contributed by atoms with Crippen molar-refractivity contribution in [3.05, 3.63) is 42.5 Å². The number of hydrogen-bond donors (Lipinski definition) is 2. The molecule has 0 aromatic heterocycles. The van der Waals surface area contributed by atoms with Crippen LogP contribution in [-0.4, -0.2) is 45.4 Å². The number of likely N-dealkylation sites (tertiary alicyclic amines) is 1. The minimum atomic E-state index is -3.57. The van der Waals surface area contributed by atoms with Crippen molar-refractivity contribution in [2.75, 3.05) is 26.2 Å². The van der Waals surface area contributed by atoms with Crippen molar-refractivity contribution in [3.63, 3.8) is 0 Å². The van der Waals surface area contributed by atoms with E-state index in [1.54, 1.807) is 17.0 Å². The predicted molar refractivity (Wildman–Crippen MR) is 96.8 cm³/mol. The molecular weight excluding hydrogens is 350 g/mol. The summed E-state index contributed by atoms with van der Waals surface area (Å²) in [4.78, 5) is 14.4. The first kappa shape index (κ1) is 20.6. The molecule has 1 unspecified atom stereocenters. The summed E-state index contributed by atoms with van der Waals surface area (Å²) in [6.07, 6.45) is 2.35. The quantitative estimate of drug-likeness (QED) is 0.737. The van der Waals surface area contributed by atoms with Crippen LogP contribution in [0.1, 0.15) is 23.7 Å². The topological polar surface area (TPSA) is 92.5 Å². The molecule has 0 bridgehead atoms. The molecule has 0 spiro atoms. The number of benzene rings is 1. The van der Waals surface area contributed by atoms with Crippen LogP contribution in [0.5, 0.6) is 0 Å². The van der Waals surface area contributed by atoms with Crippen molar-refractivity contribution in [2.45, 2.75) is 18.2 Å². The van der Waals surface area contributed by atoms with Gasteiger partial charge in [0.25, 0.3) is 5.91 Å². The lowest BCUT2D eigenvalue weighted by Crippen LogP contribution is -2.34. The molecule has 1 saturated heterocycles. The highest BCUT2D eigenvalue weighted by Crippen LogP contribution is 2.29. The molecule has 0 radical (unpaired) electrons. The summed E-state index contributed by atoms with van der Waals surface area (Å²) in [6.45, 7) is 7.55. The number of rotatable bonds is 6. The molecule has 6 nitrogen and oxygen atoms in total. The van der Waals surface area contributed by atoms with Crippen LogP contribution in [0.3, 0.4) is 0 Å². The van der Waals surface area contributed by atoms with Crippen LogP contribution in [0.25, 0.3) is 0 Å². The molecule has 1 atom stereocenters. The third kappa shape index (κ3) is 4.57. The van der Waals surface area contributed by atoms with E-state index in [9.17, 15) is 13.2 Å². The zero-order valence-electron chi connectivity index (χ0n) is 13.7. The Bertz CT molecular complexity index is 691. The Kier molecular flexibility index (Phi) is 6.97. The van der Waals surface area contributed by atoms with Crippen LogP contribution >= 0.6 is 12.4 Å². The van der Waals surface area contributed by atoms with Crippen LogP contribution in [0.2, 0.25) is 0 Å². The van der Waals surface area contributed by atoms with E-state index in [-0.39, 0.29) is 35.2 Å². The molecule has 0 aliphatic carbocycles. The van der Waals surface area contributed by atoms with E-state index in [1.165, 1.54) is 18.2 Å². The highest BCUT2D eigenvalue weighted by molar-refractivity contribution is 7.89. The summed E-state index contributed by atoms with van der Waals surface area (Å²) < 4.78 is 26.4. The van der Waals surface area contributed by atoms with E-state index in [0.29, 0.717) is 25.2 Å². The van der Waals surface area contributed by atoms with Gasteiger partial charge in [-0.25, -0.2) is 13.1 Å². The van der Waals surface area contributed by atoms with Gasteiger partial charge in [-0.1, -0.05) is 13.0 Å². The maximum absolute atomic E-state index is 12.5. The van der Waals surface area contributed by atoms with E-state index in [4.69, 9.17) is 5.73 Å². The Labute approximate surface area is 149 Å². The second-order valence-corrected chi connectivity index (χ2v) is 7.92. The summed E-state index contributed by atoms with van der Waals surface area (Å²) >= 11 is 0. The second kappa shape index (κ2) is 8.11. The first-order valence-electron chi connectivity index (χ1n) is 7.51. The third-order valence-corrected chi connectivity index (χ3v) is 5.61. The van der Waals surface area contributed by atoms with Crippen LogP contribution in [-0.2, 0) is 10.0 Å². The lowest BCUT2D eigenvalue weighted by molar-refractivity contribution is 0.0777. The SMILES string of the molecule is C=CCNS(=O)(=O)c1ccc(C(=O)N2CCC(C)(CN)C2)cc1.Cl. The second-order valence-electron chi connectivity index (χ2n) is 6.16. The Balaban J connectivity index is 0.00000288. The number of halogens is 1. The Morgan fingerprint density at radius 2 is 2.04 bits per heavy atom. The van der Waals surface area contributed by atoms with Crippen LogP contribution < -0.4 is 10.5 Å². The first-order chi connectivity index (χ1) is 10.8. The zero-order valence-corrected chi connectivity index (χ0v) is 15.3. The Morgan fingerprint density at radius 1 is 1.42 bits per heavy atom. The van der Waals surface area contributed by atoms with Gasteiger partial charge in [-0.2, -0.15) is 0 Å². The van der Waals surface area contributed by atoms with E-state index in [1.807, 2.05) is 0 Å². The molecule has 3 N–H and O–H groups in total. The van der Waals surface area contributed by atoms with Crippen molar-refractivity contribution in [2.24, 2.45) is 11.1 Å². The number of nitrogens with one attached hydrogen (secondary N) is 1. The summed E-state index contributed by atoms with van der Waals surface area (Å²) in [5, 5.41) is 0. The molecule has 1 aliphatic rings. The van der Waals surface area contributed by atoms with Crippen molar-refractivity contribution < 1.29 is 13.2 Å². The smallest absolute Gasteiger partial charge is 0.253 e. The molecule has 1 heterocycles. The fourth-order valence-corrected chi connectivity index (χ4v) is 3.57. The van der Waals surface area contributed by atoms with E-state index in [2.05, 4.69) is 18.2 Å². The molecule has 1 aromatic rings. The highest BCUT2D eigenvalue weighted by atomic mass is 35.5. The molecule has 8 heteroatoms. The van der Waals surface area contributed by atoms with Gasteiger partial charge in [-0.15, -0.1) is 19.0 Å². The van der Waals surface area contributed by atoms with Crippen molar-refractivity contribution in [1.82, 2.24) is 9.62 Å². The minimum absolute atomic E-state index is 0. The molecule has 24 heavy (non-hydrogen) atoms. The van der Waals surface area contributed by atoms with Gasteiger partial charge in [-0.05, 0) is 42.6 Å². The fourth-order valence-electron chi connectivity index (χ4n) is 2.57. The lowest BCUT2D eigenvalue weighted by atomic mass is 9.90. The number of hydrogen-bond acceptors (Lipinski definition) is 4. The number of nitrogens with two attached hydrogens (primary N) is 1. The molecule has 134 valence electrons. The van der Waals surface area contributed by atoms with Gasteiger partial charge >= 0.3 is 0 Å². The maximum atomic E-state index is 12.5. The third-order valence-electron chi connectivity index (χ3n) is 4.17. The van der Waals surface area contributed by atoms with Gasteiger partial charge in [0.15, 0.2) is 0 Å². The summed E-state index contributed by atoms with van der Waals surface area (Å²) in [5.74, 6) is -0.0924. The van der Waals surface area contributed by atoms with Crippen molar-refractivity contribution >= 4 is 28.3 Å². The van der Waals surface area contributed by atoms with Gasteiger partial charge in [0, 0.05) is 25.2 Å². The Morgan fingerprint density at radius 3 is 2.54 bits per heavy atom. The molecule has 1 aliphatic heterocycles. The van der Waals surface area contributed by atoms with E-state index < -0.39 is 10.0 Å². The molecule has 1 amide bonds. The maximum Gasteiger partial charge on any atom is 0.253 e. The van der Waals surface area contributed by atoms with Gasteiger partial charge in [0.05, 0.1) is 4.90 Å². The van der Waals surface area contributed by atoms with Gasteiger partial charge in [-0.3, -0.25) is 4.79 Å². The molecular formula is C16H24ClN3O3S. The first-order valence-corrected chi connectivity index (χ1v) is 9.00. The molecule has 0 saturated carbocycles. The summed E-state index contributed by atoms with van der Waals surface area (Å²) in [6, 6.07) is 5.97. The summed E-state index contributed by atoms with van der Waals surface area (Å²) in [5.41, 5.74) is 6.20. The molecule has 1 aromatic carbocycles. The van der Waals surface area contributed by atoms with Crippen LogP contribution in [0.4, 0.5) is 0 Å². The molecule has 1 fully saturated rings. The minimum Gasteiger partial charge on any atom is -0.338 e. The summed E-state index contributed by atoms with van der Waals surface area (Å²) in [7, 11) is -3.57. The average molecular weight is 374 g/mol. The Hall–Kier alpha value is -1.41. The van der Waals surface area contributed by atoms with Crippen molar-refractivity contribution in [1.29, 1.82) is 0 Å². The van der Waals surface area contributed by atoms with Gasteiger partial charge < -0.3 is 10.6 Å². The van der Waals surface area contributed by atoms with Crippen LogP contribution in [0, 0.1) is 5.41 Å². The largest absolute Gasteiger partial charge is 0.338 e. The highest BCUT2D eigenvalue weighted by Gasteiger charge is 2.35. The van der Waals surface area contributed by atoms with Gasteiger partial charge in [0.1, 0.15) is 0 Å². The predicted octanol–water partition coefficient (Wildman–Crippen LogP) is 1.38.